The van der Waals surface area contributed by atoms with Gasteiger partial charge < -0.3 is 15.2 Å². The molecule has 1 aliphatic heterocycles. The maximum absolute atomic E-state index is 12.6. The lowest BCUT2D eigenvalue weighted by Crippen LogP contribution is -2.20. The van der Waals surface area contributed by atoms with Gasteiger partial charge in [-0.25, -0.2) is 4.99 Å². The molecule has 27 heavy (non-hydrogen) atoms. The molecule has 2 aromatic rings. The largest absolute Gasteiger partial charge is 0.493 e. The van der Waals surface area contributed by atoms with Crippen LogP contribution < -0.4 is 20.8 Å². The van der Waals surface area contributed by atoms with Gasteiger partial charge in [0, 0.05) is 6.04 Å². The zero-order chi connectivity index (χ0) is 19.7. The van der Waals surface area contributed by atoms with E-state index in [0.717, 1.165) is 10.6 Å². The van der Waals surface area contributed by atoms with Crippen molar-refractivity contribution in [3.8, 4) is 11.5 Å². The number of rotatable bonds is 6. The maximum atomic E-state index is 12.6. The number of aliphatic imine (C=N–C) groups is 1. The molecule has 0 bridgehead atoms. The Hall–Kier alpha value is -2.68. The molecule has 8 nitrogen and oxygen atoms in total. The molecule has 0 saturated heterocycles. The zero-order valence-corrected chi connectivity index (χ0v) is 16.4. The molecule has 1 aromatic heterocycles. The number of primary amides is 1. The predicted molar refractivity (Wildman–Crippen MR) is 105 cm³/mol. The van der Waals surface area contributed by atoms with Gasteiger partial charge in [0.05, 0.1) is 23.0 Å². The fourth-order valence-electron chi connectivity index (χ4n) is 2.93. The maximum Gasteiger partial charge on any atom is 0.271 e. The smallest absolute Gasteiger partial charge is 0.271 e. The molecule has 0 unspecified atom stereocenters. The van der Waals surface area contributed by atoms with Crippen molar-refractivity contribution < 1.29 is 14.3 Å². The highest BCUT2D eigenvalue weighted by Crippen LogP contribution is 2.45. The summed E-state index contributed by atoms with van der Waals surface area (Å²) in [7, 11) is 1.52. The van der Waals surface area contributed by atoms with Gasteiger partial charge in [0.2, 0.25) is 0 Å². The Morgan fingerprint density at radius 1 is 1.41 bits per heavy atom. The van der Waals surface area contributed by atoms with Crippen molar-refractivity contribution in [3.05, 3.63) is 39.7 Å². The first kappa shape index (κ1) is 19.1. The van der Waals surface area contributed by atoms with E-state index < -0.39 is 5.91 Å². The van der Waals surface area contributed by atoms with Crippen LogP contribution in [0.25, 0.3) is 0 Å². The minimum atomic E-state index is -0.568. The summed E-state index contributed by atoms with van der Waals surface area (Å²) in [6.07, 6.45) is 0. The fraction of sp³-hybridized carbons (Fsp3) is 0.389. The van der Waals surface area contributed by atoms with E-state index in [9.17, 15) is 9.59 Å². The number of hydrogen-bond acceptors (Lipinski definition) is 6. The van der Waals surface area contributed by atoms with Gasteiger partial charge in [-0.2, -0.15) is 0 Å². The average molecular weight is 390 g/mol. The van der Waals surface area contributed by atoms with Gasteiger partial charge in [0.25, 0.3) is 11.5 Å². The molecule has 2 heterocycles. The first-order valence-electron chi connectivity index (χ1n) is 8.47. The van der Waals surface area contributed by atoms with Crippen LogP contribution in [0.4, 0.5) is 5.82 Å². The zero-order valence-electron chi connectivity index (χ0n) is 15.6. The summed E-state index contributed by atoms with van der Waals surface area (Å²) in [6.45, 7) is 5.67. The van der Waals surface area contributed by atoms with Crippen LogP contribution in [0.3, 0.4) is 0 Å². The monoisotopic (exact) mass is 390 g/mol. The second-order valence-corrected chi connectivity index (χ2v) is 7.73. The number of nitrogens with zero attached hydrogens (tertiary/aromatic N) is 2. The molecule has 0 fully saturated rings. The third-order valence-electron chi connectivity index (χ3n) is 4.13. The number of fused-ring (bicyclic) bond motifs is 1. The first-order valence-corrected chi connectivity index (χ1v) is 9.35. The Labute approximate surface area is 160 Å². The van der Waals surface area contributed by atoms with Crippen LogP contribution in [0.1, 0.15) is 43.2 Å². The van der Waals surface area contributed by atoms with E-state index in [1.807, 2.05) is 32.9 Å². The van der Waals surface area contributed by atoms with Crippen LogP contribution in [0.5, 0.6) is 11.5 Å². The molecule has 0 aliphatic carbocycles. The molecular weight excluding hydrogens is 368 g/mol. The number of amides is 1. The second-order valence-electron chi connectivity index (χ2n) is 6.44. The molecule has 1 atom stereocenters. The van der Waals surface area contributed by atoms with Gasteiger partial charge in [0.15, 0.2) is 23.9 Å². The molecule has 0 radical (unpaired) electrons. The number of thioether (sulfide) groups is 1. The minimum Gasteiger partial charge on any atom is -0.493 e. The van der Waals surface area contributed by atoms with E-state index in [-0.39, 0.29) is 23.5 Å². The number of H-pyrrole nitrogens is 1. The van der Waals surface area contributed by atoms with Crippen molar-refractivity contribution in [2.45, 2.75) is 32.1 Å². The van der Waals surface area contributed by atoms with E-state index >= 15 is 0 Å². The highest BCUT2D eigenvalue weighted by molar-refractivity contribution is 8.14. The molecule has 1 aliphatic rings. The Morgan fingerprint density at radius 2 is 2.15 bits per heavy atom. The summed E-state index contributed by atoms with van der Waals surface area (Å²) >= 11 is 1.51. The number of nitrogens with one attached hydrogen (secondary N) is 1. The standard InChI is InChI=1S/C18H22N4O4S/c1-9(2)22-17-15(18(24)21-22)16(27-10(3)20-17)11-5-6-12(13(7-11)25-4)26-8-14(19)23/h5-7,9,16H,8H2,1-4H3,(H2,19,23)(H,21,24)/t16-/m0/s1. The van der Waals surface area contributed by atoms with Gasteiger partial charge >= 0.3 is 0 Å². The Kier molecular flexibility index (Phi) is 5.31. The number of aromatic amines is 1. The first-order chi connectivity index (χ1) is 12.8. The summed E-state index contributed by atoms with van der Waals surface area (Å²) < 4.78 is 12.6. The van der Waals surface area contributed by atoms with Gasteiger partial charge in [-0.05, 0) is 38.5 Å². The summed E-state index contributed by atoms with van der Waals surface area (Å²) in [5, 5.41) is 3.53. The van der Waals surface area contributed by atoms with Crippen LogP contribution in [-0.4, -0.2) is 34.4 Å². The van der Waals surface area contributed by atoms with Gasteiger partial charge in [0.1, 0.15) is 0 Å². The van der Waals surface area contributed by atoms with E-state index in [1.54, 1.807) is 10.7 Å². The van der Waals surface area contributed by atoms with Crippen molar-refractivity contribution in [1.82, 2.24) is 9.78 Å². The normalized spacial score (nSPS) is 16.0. The minimum absolute atomic E-state index is 0.0841. The van der Waals surface area contributed by atoms with Crippen molar-refractivity contribution >= 4 is 28.5 Å². The number of carbonyl (C=O) groups is 1. The van der Waals surface area contributed by atoms with Crippen molar-refractivity contribution in [2.75, 3.05) is 13.7 Å². The highest BCUT2D eigenvalue weighted by Gasteiger charge is 2.31. The van der Waals surface area contributed by atoms with Crippen LogP contribution in [0.2, 0.25) is 0 Å². The Morgan fingerprint density at radius 3 is 2.78 bits per heavy atom. The third-order valence-corrected chi connectivity index (χ3v) is 5.30. The topological polar surface area (TPSA) is 112 Å². The van der Waals surface area contributed by atoms with Crippen LogP contribution >= 0.6 is 11.8 Å². The van der Waals surface area contributed by atoms with Crippen molar-refractivity contribution in [2.24, 2.45) is 10.7 Å². The molecule has 3 rings (SSSR count). The molecule has 3 N–H and O–H groups in total. The lowest BCUT2D eigenvalue weighted by atomic mass is 10.1. The molecular formula is C18H22N4O4S. The summed E-state index contributed by atoms with van der Waals surface area (Å²) in [6, 6.07) is 5.46. The van der Waals surface area contributed by atoms with E-state index in [1.165, 1.54) is 18.9 Å². The number of aromatic nitrogens is 2. The number of carbonyl (C=O) groups excluding carboxylic acids is 1. The Bertz CT molecular complexity index is 961. The van der Waals surface area contributed by atoms with Crippen LogP contribution in [0.15, 0.2) is 28.0 Å². The number of hydrogen-bond donors (Lipinski definition) is 2. The molecule has 144 valence electrons. The van der Waals surface area contributed by atoms with Crippen molar-refractivity contribution in [1.29, 1.82) is 0 Å². The quantitative estimate of drug-likeness (QED) is 0.787. The number of methoxy groups -OCH3 is 1. The summed E-state index contributed by atoms with van der Waals surface area (Å²) in [4.78, 5) is 28.1. The molecule has 0 spiro atoms. The van der Waals surface area contributed by atoms with Crippen molar-refractivity contribution in [3.63, 3.8) is 0 Å². The number of benzene rings is 1. The highest BCUT2D eigenvalue weighted by atomic mass is 32.2. The predicted octanol–water partition coefficient (Wildman–Crippen LogP) is 2.52. The van der Waals surface area contributed by atoms with Gasteiger partial charge in [-0.15, -0.1) is 0 Å². The SMILES string of the molecule is COc1cc([C@@H]2SC(C)=Nc3c2c(=O)[nH]n3C(C)C)ccc1OCC(N)=O. The molecule has 9 heteroatoms. The van der Waals surface area contributed by atoms with Crippen LogP contribution in [-0.2, 0) is 4.79 Å². The van der Waals surface area contributed by atoms with Gasteiger partial charge in [-0.3, -0.25) is 19.4 Å². The molecule has 0 saturated carbocycles. The lowest BCUT2D eigenvalue weighted by molar-refractivity contribution is -0.119. The van der Waals surface area contributed by atoms with E-state index in [2.05, 4.69) is 10.1 Å². The van der Waals surface area contributed by atoms with E-state index in [4.69, 9.17) is 15.2 Å². The van der Waals surface area contributed by atoms with Crippen LogP contribution in [0, 0.1) is 0 Å². The average Bonchev–Trinajstić information content (AvgIpc) is 2.95. The second kappa shape index (κ2) is 7.51. The molecule has 1 aromatic carbocycles. The summed E-state index contributed by atoms with van der Waals surface area (Å²) in [5.41, 5.74) is 6.47. The number of ether oxygens (including phenoxy) is 2. The third kappa shape index (κ3) is 3.73. The summed E-state index contributed by atoms with van der Waals surface area (Å²) in [5.74, 6) is 0.974. The number of nitrogens with two attached hydrogens (primary N) is 1. The lowest BCUT2D eigenvalue weighted by Gasteiger charge is -2.22. The van der Waals surface area contributed by atoms with Gasteiger partial charge in [-0.1, -0.05) is 17.8 Å². The Balaban J connectivity index is 2.04. The fourth-order valence-corrected chi connectivity index (χ4v) is 4.03. The molecule has 1 amide bonds. The van der Waals surface area contributed by atoms with E-state index in [0.29, 0.717) is 22.9 Å².